The van der Waals surface area contributed by atoms with Crippen LogP contribution in [0, 0.1) is 13.8 Å². The van der Waals surface area contributed by atoms with E-state index < -0.39 is 0 Å². The van der Waals surface area contributed by atoms with Crippen molar-refractivity contribution in [3.63, 3.8) is 0 Å². The van der Waals surface area contributed by atoms with Crippen molar-refractivity contribution in [2.24, 2.45) is 0 Å². The zero-order chi connectivity index (χ0) is 12.4. The number of furan rings is 1. The zero-order valence-corrected chi connectivity index (χ0v) is 9.78. The molecule has 0 saturated carbocycles. The van der Waals surface area contributed by atoms with Crippen molar-refractivity contribution >= 4 is 0 Å². The fraction of sp³-hybridized carbons (Fsp3) is 0.333. The van der Waals surface area contributed by atoms with E-state index in [9.17, 15) is 4.79 Å². The molecule has 0 unspecified atom stereocenters. The summed E-state index contributed by atoms with van der Waals surface area (Å²) in [6.45, 7) is 3.52. The minimum atomic E-state index is -0.206. The van der Waals surface area contributed by atoms with E-state index in [1.165, 1.54) is 0 Å². The first-order valence-electron chi connectivity index (χ1n) is 5.38. The highest BCUT2D eigenvalue weighted by Crippen LogP contribution is 2.20. The molecule has 2 aromatic rings. The van der Waals surface area contributed by atoms with Crippen molar-refractivity contribution in [1.29, 1.82) is 0 Å². The summed E-state index contributed by atoms with van der Waals surface area (Å²) < 4.78 is 5.17. The molecular formula is C12H14N2O3. The number of nitrogens with zero attached hydrogens (tertiary/aromatic N) is 1. The number of aliphatic hydroxyl groups excluding tert-OH is 1. The van der Waals surface area contributed by atoms with Gasteiger partial charge in [-0.3, -0.25) is 4.79 Å². The van der Waals surface area contributed by atoms with Crippen LogP contribution < -0.4 is 5.56 Å². The number of nitrogens with one attached hydrogen (secondary N) is 1. The highest BCUT2D eigenvalue weighted by Gasteiger charge is 2.11. The first-order chi connectivity index (χ1) is 8.13. The molecule has 2 aromatic heterocycles. The van der Waals surface area contributed by atoms with Crippen LogP contribution in [0.3, 0.4) is 0 Å². The average molecular weight is 234 g/mol. The molecule has 5 nitrogen and oxygen atoms in total. The third-order valence-electron chi connectivity index (χ3n) is 2.70. The standard InChI is InChI=1S/C12H14N2O3/c1-7-9(3-5-15)12(16)14-11(13-7)10-4-6-17-8(10)2/h4,6,15H,3,5H2,1-2H3,(H,13,14,16). The minimum Gasteiger partial charge on any atom is -0.469 e. The molecule has 0 aliphatic rings. The quantitative estimate of drug-likeness (QED) is 0.835. The van der Waals surface area contributed by atoms with Gasteiger partial charge in [0.2, 0.25) is 0 Å². The maximum absolute atomic E-state index is 11.8. The molecule has 17 heavy (non-hydrogen) atoms. The fourth-order valence-corrected chi connectivity index (χ4v) is 1.77. The van der Waals surface area contributed by atoms with Gasteiger partial charge in [0, 0.05) is 24.3 Å². The fourth-order valence-electron chi connectivity index (χ4n) is 1.77. The lowest BCUT2D eigenvalue weighted by atomic mass is 10.1. The second-order valence-corrected chi connectivity index (χ2v) is 3.84. The van der Waals surface area contributed by atoms with Gasteiger partial charge < -0.3 is 14.5 Å². The largest absolute Gasteiger partial charge is 0.469 e. The van der Waals surface area contributed by atoms with Crippen LogP contribution in [0.25, 0.3) is 11.4 Å². The summed E-state index contributed by atoms with van der Waals surface area (Å²) in [5, 5.41) is 8.87. The molecule has 0 amide bonds. The van der Waals surface area contributed by atoms with Gasteiger partial charge in [-0.15, -0.1) is 0 Å². The smallest absolute Gasteiger partial charge is 0.254 e. The lowest BCUT2D eigenvalue weighted by Crippen LogP contribution is -2.18. The molecule has 5 heteroatoms. The van der Waals surface area contributed by atoms with Gasteiger partial charge in [0.25, 0.3) is 5.56 Å². The SMILES string of the molecule is Cc1nc(-c2ccoc2C)[nH]c(=O)c1CCO. The average Bonchev–Trinajstić information content (AvgIpc) is 2.69. The molecular weight excluding hydrogens is 220 g/mol. The van der Waals surface area contributed by atoms with Crippen LogP contribution in [0.5, 0.6) is 0 Å². The van der Waals surface area contributed by atoms with Crippen LogP contribution in [-0.4, -0.2) is 21.7 Å². The first kappa shape index (κ1) is 11.6. The summed E-state index contributed by atoms with van der Waals surface area (Å²) in [6.07, 6.45) is 1.88. The lowest BCUT2D eigenvalue weighted by Gasteiger charge is -2.05. The van der Waals surface area contributed by atoms with E-state index in [4.69, 9.17) is 9.52 Å². The molecule has 0 spiro atoms. The van der Waals surface area contributed by atoms with Crippen LogP contribution in [0.2, 0.25) is 0 Å². The molecule has 0 aliphatic heterocycles. The van der Waals surface area contributed by atoms with Crippen LogP contribution >= 0.6 is 0 Å². The number of hydrogen-bond acceptors (Lipinski definition) is 4. The van der Waals surface area contributed by atoms with Crippen LogP contribution in [0.1, 0.15) is 17.0 Å². The Hall–Kier alpha value is -1.88. The van der Waals surface area contributed by atoms with E-state index in [0.717, 1.165) is 5.56 Å². The van der Waals surface area contributed by atoms with Gasteiger partial charge >= 0.3 is 0 Å². The van der Waals surface area contributed by atoms with Crippen molar-refractivity contribution in [3.05, 3.63) is 39.7 Å². The molecule has 0 aromatic carbocycles. The molecule has 2 rings (SSSR count). The third kappa shape index (κ3) is 2.14. The van der Waals surface area contributed by atoms with E-state index in [-0.39, 0.29) is 12.2 Å². The zero-order valence-electron chi connectivity index (χ0n) is 9.78. The maximum atomic E-state index is 11.8. The first-order valence-corrected chi connectivity index (χ1v) is 5.38. The number of hydrogen-bond donors (Lipinski definition) is 2. The molecule has 0 saturated heterocycles. The predicted molar refractivity (Wildman–Crippen MR) is 62.8 cm³/mol. The topological polar surface area (TPSA) is 79.1 Å². The normalized spacial score (nSPS) is 10.8. The van der Waals surface area contributed by atoms with Gasteiger partial charge in [-0.25, -0.2) is 4.98 Å². The second kappa shape index (κ2) is 4.55. The van der Waals surface area contributed by atoms with Gasteiger partial charge in [-0.2, -0.15) is 0 Å². The number of H-pyrrole nitrogens is 1. The summed E-state index contributed by atoms with van der Waals surface area (Å²) in [6, 6.07) is 1.76. The number of aromatic amines is 1. The molecule has 2 N–H and O–H groups in total. The van der Waals surface area contributed by atoms with Crippen LogP contribution in [0.4, 0.5) is 0 Å². The van der Waals surface area contributed by atoms with Crippen molar-refractivity contribution in [2.45, 2.75) is 20.3 Å². The Bertz CT molecular complexity index is 584. The van der Waals surface area contributed by atoms with Gasteiger partial charge in [0.1, 0.15) is 11.6 Å². The summed E-state index contributed by atoms with van der Waals surface area (Å²) in [5.74, 6) is 1.21. The molecule has 0 aliphatic carbocycles. The molecule has 90 valence electrons. The Morgan fingerprint density at radius 2 is 2.24 bits per heavy atom. The van der Waals surface area contributed by atoms with E-state index in [1.54, 1.807) is 19.3 Å². The van der Waals surface area contributed by atoms with Gasteiger partial charge in [0.15, 0.2) is 0 Å². The van der Waals surface area contributed by atoms with E-state index in [2.05, 4.69) is 9.97 Å². The molecule has 0 bridgehead atoms. The van der Waals surface area contributed by atoms with Crippen molar-refractivity contribution in [2.75, 3.05) is 6.61 Å². The molecule has 0 radical (unpaired) electrons. The number of aromatic nitrogens is 2. The highest BCUT2D eigenvalue weighted by atomic mass is 16.3. The van der Waals surface area contributed by atoms with E-state index >= 15 is 0 Å². The molecule has 0 atom stereocenters. The maximum Gasteiger partial charge on any atom is 0.254 e. The second-order valence-electron chi connectivity index (χ2n) is 3.84. The summed E-state index contributed by atoms with van der Waals surface area (Å²) in [4.78, 5) is 18.9. The highest BCUT2D eigenvalue weighted by molar-refractivity contribution is 5.57. The summed E-state index contributed by atoms with van der Waals surface area (Å²) in [5.41, 5.74) is 1.73. The number of aliphatic hydroxyl groups is 1. The summed E-state index contributed by atoms with van der Waals surface area (Å²) in [7, 11) is 0. The van der Waals surface area contributed by atoms with Crippen molar-refractivity contribution in [3.8, 4) is 11.4 Å². The molecule has 0 fully saturated rings. The summed E-state index contributed by atoms with van der Waals surface area (Å²) >= 11 is 0. The van der Waals surface area contributed by atoms with Crippen molar-refractivity contribution in [1.82, 2.24) is 9.97 Å². The Labute approximate surface area is 98.1 Å². The van der Waals surface area contributed by atoms with Gasteiger partial charge in [0.05, 0.1) is 11.8 Å². The van der Waals surface area contributed by atoms with E-state index in [1.807, 2.05) is 6.92 Å². The van der Waals surface area contributed by atoms with Crippen molar-refractivity contribution < 1.29 is 9.52 Å². The Kier molecular flexibility index (Phi) is 3.10. The van der Waals surface area contributed by atoms with E-state index in [0.29, 0.717) is 29.3 Å². The molecule has 2 heterocycles. The van der Waals surface area contributed by atoms with Crippen LogP contribution in [0.15, 0.2) is 21.5 Å². The number of rotatable bonds is 3. The monoisotopic (exact) mass is 234 g/mol. The van der Waals surface area contributed by atoms with Gasteiger partial charge in [-0.1, -0.05) is 0 Å². The van der Waals surface area contributed by atoms with Gasteiger partial charge in [-0.05, 0) is 19.9 Å². The third-order valence-corrected chi connectivity index (χ3v) is 2.70. The number of aryl methyl sites for hydroxylation is 2. The minimum absolute atomic E-state index is 0.0598. The van der Waals surface area contributed by atoms with Crippen LogP contribution in [-0.2, 0) is 6.42 Å². The Balaban J connectivity index is 2.53. The Morgan fingerprint density at radius 3 is 2.76 bits per heavy atom. The Morgan fingerprint density at radius 1 is 1.47 bits per heavy atom. The predicted octanol–water partition coefficient (Wildman–Crippen LogP) is 1.18. The lowest BCUT2D eigenvalue weighted by molar-refractivity contribution is 0.298.